The van der Waals surface area contributed by atoms with Crippen molar-refractivity contribution in [1.29, 1.82) is 5.26 Å². The number of rotatable bonds is 10. The van der Waals surface area contributed by atoms with Gasteiger partial charge in [0.2, 0.25) is 0 Å². The molecule has 27 heavy (non-hydrogen) atoms. The summed E-state index contributed by atoms with van der Waals surface area (Å²) in [5, 5.41) is 14.3. The zero-order valence-corrected chi connectivity index (χ0v) is 15.5. The van der Waals surface area contributed by atoms with Gasteiger partial charge >= 0.3 is 6.03 Å². The quantitative estimate of drug-likeness (QED) is 0.624. The molecule has 2 N–H and O–H groups in total. The summed E-state index contributed by atoms with van der Waals surface area (Å²) < 4.78 is 11.0. The molecule has 0 saturated carbocycles. The summed E-state index contributed by atoms with van der Waals surface area (Å²) in [5.74, 6) is 0.738. The lowest BCUT2D eigenvalue weighted by molar-refractivity contribution is 0.145. The van der Waals surface area contributed by atoms with Gasteiger partial charge in [-0.3, -0.25) is 0 Å². The van der Waals surface area contributed by atoms with E-state index in [1.807, 2.05) is 55.5 Å². The predicted octanol–water partition coefficient (Wildman–Crippen LogP) is 3.88. The van der Waals surface area contributed by atoms with E-state index >= 15 is 0 Å². The van der Waals surface area contributed by atoms with Crippen LogP contribution in [0.15, 0.2) is 48.5 Å². The largest absolute Gasteiger partial charge is 0.489 e. The maximum atomic E-state index is 11.9. The van der Waals surface area contributed by atoms with Crippen LogP contribution in [-0.2, 0) is 17.8 Å². The highest BCUT2D eigenvalue weighted by atomic mass is 16.5. The van der Waals surface area contributed by atoms with Crippen molar-refractivity contribution in [2.45, 2.75) is 26.4 Å². The maximum absolute atomic E-state index is 11.9. The fourth-order valence-corrected chi connectivity index (χ4v) is 2.40. The Bertz CT molecular complexity index is 754. The zero-order chi connectivity index (χ0) is 19.3. The molecule has 6 heteroatoms. The van der Waals surface area contributed by atoms with Gasteiger partial charge in [-0.05, 0) is 48.7 Å². The molecule has 0 aromatic heterocycles. The van der Waals surface area contributed by atoms with Crippen molar-refractivity contribution in [3.8, 4) is 11.8 Å². The second kappa shape index (κ2) is 11.6. The van der Waals surface area contributed by atoms with E-state index in [1.54, 1.807) is 0 Å². The first kappa shape index (κ1) is 20.3. The zero-order valence-electron chi connectivity index (χ0n) is 15.5. The number of ether oxygens (including phenoxy) is 2. The van der Waals surface area contributed by atoms with Crippen molar-refractivity contribution >= 4 is 11.7 Å². The van der Waals surface area contributed by atoms with Crippen molar-refractivity contribution in [1.82, 2.24) is 5.32 Å². The van der Waals surface area contributed by atoms with Gasteiger partial charge in [-0.15, -0.1) is 0 Å². The number of urea groups is 1. The molecule has 2 aromatic carbocycles. The first-order valence-electron chi connectivity index (χ1n) is 9.01. The molecule has 2 aromatic rings. The monoisotopic (exact) mass is 367 g/mol. The van der Waals surface area contributed by atoms with Crippen LogP contribution in [0, 0.1) is 11.3 Å². The van der Waals surface area contributed by atoms with Crippen LogP contribution in [0.4, 0.5) is 10.5 Å². The standard InChI is InChI=1S/C21H25N3O3/c1-2-26-14-4-13-23-21(25)24-19-6-3-5-18(15-19)16-27-20-9-7-17(8-10-20)11-12-22/h3,5-10,15H,2,4,11,13-14,16H2,1H3,(H2,23,24,25). The number of nitrogens with zero attached hydrogens (tertiary/aromatic N) is 1. The highest BCUT2D eigenvalue weighted by Gasteiger charge is 2.03. The number of hydrogen-bond acceptors (Lipinski definition) is 4. The first-order valence-corrected chi connectivity index (χ1v) is 9.01. The average molecular weight is 367 g/mol. The van der Waals surface area contributed by atoms with Gasteiger partial charge in [0.05, 0.1) is 12.5 Å². The van der Waals surface area contributed by atoms with E-state index in [1.165, 1.54) is 0 Å². The summed E-state index contributed by atoms with van der Waals surface area (Å²) in [5.41, 5.74) is 2.62. The first-order chi connectivity index (χ1) is 13.2. The lowest BCUT2D eigenvalue weighted by Crippen LogP contribution is -2.30. The summed E-state index contributed by atoms with van der Waals surface area (Å²) in [7, 11) is 0. The topological polar surface area (TPSA) is 83.4 Å². The molecule has 0 bridgehead atoms. The van der Waals surface area contributed by atoms with Gasteiger partial charge in [0, 0.05) is 25.4 Å². The van der Waals surface area contributed by atoms with Crippen molar-refractivity contribution < 1.29 is 14.3 Å². The van der Waals surface area contributed by atoms with Crippen LogP contribution in [0.3, 0.4) is 0 Å². The maximum Gasteiger partial charge on any atom is 0.319 e. The third-order valence-electron chi connectivity index (χ3n) is 3.75. The fraction of sp³-hybridized carbons (Fsp3) is 0.333. The number of carbonyl (C=O) groups is 1. The molecule has 0 atom stereocenters. The number of hydrogen-bond donors (Lipinski definition) is 2. The molecule has 142 valence electrons. The van der Waals surface area contributed by atoms with E-state index < -0.39 is 0 Å². The summed E-state index contributed by atoms with van der Waals surface area (Å²) in [6.45, 7) is 4.23. The van der Waals surface area contributed by atoms with E-state index in [-0.39, 0.29) is 6.03 Å². The number of anilines is 1. The molecule has 0 spiro atoms. The smallest absolute Gasteiger partial charge is 0.319 e. The Morgan fingerprint density at radius 3 is 2.70 bits per heavy atom. The third kappa shape index (κ3) is 7.80. The second-order valence-electron chi connectivity index (χ2n) is 5.90. The van der Waals surface area contributed by atoms with Crippen molar-refractivity contribution in [3.63, 3.8) is 0 Å². The lowest BCUT2D eigenvalue weighted by Gasteiger charge is -2.10. The molecular weight excluding hydrogens is 342 g/mol. The van der Waals surface area contributed by atoms with E-state index in [4.69, 9.17) is 14.7 Å². The van der Waals surface area contributed by atoms with Gasteiger partial charge in [0.15, 0.2) is 0 Å². The van der Waals surface area contributed by atoms with Crippen LogP contribution < -0.4 is 15.4 Å². The van der Waals surface area contributed by atoms with Crippen LogP contribution in [0.2, 0.25) is 0 Å². The lowest BCUT2D eigenvalue weighted by atomic mass is 10.1. The van der Waals surface area contributed by atoms with Gasteiger partial charge in [-0.25, -0.2) is 4.79 Å². The Morgan fingerprint density at radius 2 is 1.96 bits per heavy atom. The fourth-order valence-electron chi connectivity index (χ4n) is 2.40. The van der Waals surface area contributed by atoms with Gasteiger partial charge in [0.1, 0.15) is 12.4 Å². The van der Waals surface area contributed by atoms with Gasteiger partial charge in [0.25, 0.3) is 0 Å². The number of nitriles is 1. The highest BCUT2D eigenvalue weighted by Crippen LogP contribution is 2.16. The minimum Gasteiger partial charge on any atom is -0.489 e. The molecule has 2 rings (SSSR count). The van der Waals surface area contributed by atoms with Crippen LogP contribution in [0.25, 0.3) is 0 Å². The molecule has 0 fully saturated rings. The average Bonchev–Trinajstić information content (AvgIpc) is 2.68. The molecule has 0 aliphatic rings. The van der Waals surface area contributed by atoms with Crippen molar-refractivity contribution in [3.05, 3.63) is 59.7 Å². The Labute approximate surface area is 160 Å². The SMILES string of the molecule is CCOCCCNC(=O)Nc1cccc(COc2ccc(CC#N)cc2)c1. The van der Waals surface area contributed by atoms with Crippen molar-refractivity contribution in [2.24, 2.45) is 0 Å². The second-order valence-corrected chi connectivity index (χ2v) is 5.90. The molecule has 0 unspecified atom stereocenters. The van der Waals surface area contributed by atoms with Gasteiger partial charge in [-0.1, -0.05) is 24.3 Å². The summed E-state index contributed by atoms with van der Waals surface area (Å²) >= 11 is 0. The van der Waals surface area contributed by atoms with E-state index in [0.29, 0.717) is 38.5 Å². The number of carbonyl (C=O) groups excluding carboxylic acids is 1. The van der Waals surface area contributed by atoms with Crippen LogP contribution in [0.1, 0.15) is 24.5 Å². The third-order valence-corrected chi connectivity index (χ3v) is 3.75. The molecule has 0 aliphatic carbocycles. The van der Waals surface area contributed by atoms with Crippen LogP contribution >= 0.6 is 0 Å². The summed E-state index contributed by atoms with van der Waals surface area (Å²) in [6.07, 6.45) is 1.17. The van der Waals surface area contributed by atoms with Crippen LogP contribution in [0.5, 0.6) is 5.75 Å². The van der Waals surface area contributed by atoms with E-state index in [9.17, 15) is 4.79 Å². The van der Waals surface area contributed by atoms with Crippen LogP contribution in [-0.4, -0.2) is 25.8 Å². The number of nitrogens with one attached hydrogen (secondary N) is 2. The molecule has 0 saturated heterocycles. The van der Waals surface area contributed by atoms with Gasteiger partial charge < -0.3 is 20.1 Å². The Balaban J connectivity index is 1.79. The number of amides is 2. The highest BCUT2D eigenvalue weighted by molar-refractivity contribution is 5.89. The van der Waals surface area contributed by atoms with E-state index in [2.05, 4.69) is 16.7 Å². The normalized spacial score (nSPS) is 10.1. The molecular formula is C21H25N3O3. The summed E-state index contributed by atoms with van der Waals surface area (Å²) in [4.78, 5) is 11.9. The van der Waals surface area contributed by atoms with Crippen molar-refractivity contribution in [2.75, 3.05) is 25.1 Å². The Hall–Kier alpha value is -3.04. The minimum absolute atomic E-state index is 0.238. The van der Waals surface area contributed by atoms with E-state index in [0.717, 1.165) is 23.3 Å². The number of benzene rings is 2. The Kier molecular flexibility index (Phi) is 8.67. The minimum atomic E-state index is -0.238. The molecule has 2 amide bonds. The molecule has 0 radical (unpaired) electrons. The molecule has 0 heterocycles. The molecule has 6 nitrogen and oxygen atoms in total. The Morgan fingerprint density at radius 1 is 1.15 bits per heavy atom. The predicted molar refractivity (Wildman–Crippen MR) is 105 cm³/mol. The summed E-state index contributed by atoms with van der Waals surface area (Å²) in [6, 6.07) is 16.9. The molecule has 0 aliphatic heterocycles. The van der Waals surface area contributed by atoms with Gasteiger partial charge in [-0.2, -0.15) is 5.26 Å².